The second-order valence-electron chi connectivity index (χ2n) is 17.6. The Kier molecular flexibility index (Phi) is 17.0. The van der Waals surface area contributed by atoms with Crippen LogP contribution in [-0.2, 0) is 33.2 Å². The highest BCUT2D eigenvalue weighted by Gasteiger charge is 2.52. The zero-order valence-electron chi connectivity index (χ0n) is 35.7. The van der Waals surface area contributed by atoms with Gasteiger partial charge in [0, 0.05) is 51.0 Å². The summed E-state index contributed by atoms with van der Waals surface area (Å²) in [6.07, 6.45) is -2.52. The van der Waals surface area contributed by atoms with Crippen LogP contribution in [0.2, 0.25) is 0 Å². The molecule has 3 saturated heterocycles. The summed E-state index contributed by atoms with van der Waals surface area (Å²) in [5, 5.41) is 58.6. The average molecular weight is 787 g/mol. The van der Waals surface area contributed by atoms with Gasteiger partial charge in [-0.15, -0.1) is 12.3 Å². The van der Waals surface area contributed by atoms with Crippen molar-refractivity contribution in [3.05, 3.63) is 0 Å². The Morgan fingerprint density at radius 2 is 1.64 bits per heavy atom. The van der Waals surface area contributed by atoms with Crippen molar-refractivity contribution in [1.82, 2.24) is 9.80 Å². The van der Waals surface area contributed by atoms with Crippen molar-refractivity contribution < 1.29 is 58.7 Å². The molecule has 0 spiro atoms. The van der Waals surface area contributed by atoms with Crippen molar-refractivity contribution in [2.24, 2.45) is 17.8 Å². The van der Waals surface area contributed by atoms with Crippen molar-refractivity contribution in [2.45, 2.75) is 192 Å². The minimum atomic E-state index is -1.81. The number of esters is 1. The smallest absolute Gasteiger partial charge is 0.311 e. The van der Waals surface area contributed by atoms with Crippen LogP contribution in [0.5, 0.6) is 0 Å². The molecular formula is C41H74N2O12. The number of likely N-dealkylation sites (N-methyl/N-ethyl adjacent to an activating group) is 2. The summed E-state index contributed by atoms with van der Waals surface area (Å²) in [6, 6.07) is -0.897. The van der Waals surface area contributed by atoms with Crippen LogP contribution in [0.3, 0.4) is 0 Å². The lowest BCUT2D eigenvalue weighted by Crippen LogP contribution is -2.60. The molecular weight excluding hydrogens is 712 g/mol. The van der Waals surface area contributed by atoms with E-state index >= 15 is 0 Å². The van der Waals surface area contributed by atoms with Crippen LogP contribution in [0.1, 0.15) is 101 Å². The highest BCUT2D eigenvalue weighted by molar-refractivity contribution is 5.73. The molecule has 1 unspecified atom stereocenters. The number of aliphatic hydroxyl groups is 5. The lowest BCUT2D eigenvalue weighted by Gasteiger charge is -2.49. The maximum absolute atomic E-state index is 14.3. The number of ether oxygens (including phenoxy) is 6. The number of carbonyl (C=O) groups is 1. The maximum Gasteiger partial charge on any atom is 0.311 e. The first-order chi connectivity index (χ1) is 25.4. The summed E-state index contributed by atoms with van der Waals surface area (Å²) in [7, 11) is 5.24. The molecule has 18 atom stereocenters. The minimum Gasteiger partial charge on any atom is -0.459 e. The molecule has 0 bridgehead atoms. The van der Waals surface area contributed by atoms with Crippen LogP contribution < -0.4 is 0 Å². The van der Waals surface area contributed by atoms with E-state index in [4.69, 9.17) is 34.8 Å². The Morgan fingerprint density at radius 1 is 1.00 bits per heavy atom. The Balaban J connectivity index is 2.17. The molecule has 14 heteroatoms. The number of terminal acetylenes is 1. The zero-order valence-corrected chi connectivity index (χ0v) is 35.7. The Bertz CT molecular complexity index is 1260. The second kappa shape index (κ2) is 19.5. The number of nitrogens with zero attached hydrogens (tertiary/aromatic N) is 2. The van der Waals surface area contributed by atoms with Crippen molar-refractivity contribution in [1.29, 1.82) is 0 Å². The highest BCUT2D eigenvalue weighted by Crippen LogP contribution is 2.40. The number of rotatable bonds is 9. The lowest BCUT2D eigenvalue weighted by molar-refractivity contribution is -0.318. The monoisotopic (exact) mass is 787 g/mol. The molecule has 3 fully saturated rings. The summed E-state index contributed by atoms with van der Waals surface area (Å²) >= 11 is 0. The van der Waals surface area contributed by atoms with E-state index in [1.54, 1.807) is 41.5 Å². The molecule has 3 rings (SSSR count). The van der Waals surface area contributed by atoms with Gasteiger partial charge in [0.05, 0.1) is 41.5 Å². The molecule has 3 aliphatic rings. The van der Waals surface area contributed by atoms with Crippen LogP contribution in [0.25, 0.3) is 0 Å². The number of aliphatic hydroxyl groups excluding tert-OH is 3. The van der Waals surface area contributed by atoms with Gasteiger partial charge in [0.25, 0.3) is 0 Å². The predicted octanol–water partition coefficient (Wildman–Crippen LogP) is 2.29. The summed E-state index contributed by atoms with van der Waals surface area (Å²) in [5.74, 6) is -0.0120. The second-order valence-corrected chi connectivity index (χ2v) is 17.6. The van der Waals surface area contributed by atoms with E-state index in [0.717, 1.165) is 0 Å². The summed E-state index contributed by atoms with van der Waals surface area (Å²) < 4.78 is 37.7. The molecule has 0 radical (unpaired) electrons. The van der Waals surface area contributed by atoms with Gasteiger partial charge in [-0.3, -0.25) is 9.69 Å². The van der Waals surface area contributed by atoms with Gasteiger partial charge in [0.2, 0.25) is 0 Å². The first kappa shape index (κ1) is 47.9. The summed E-state index contributed by atoms with van der Waals surface area (Å²) in [5.41, 5.74) is -4.43. The molecule has 320 valence electrons. The predicted molar refractivity (Wildman–Crippen MR) is 207 cm³/mol. The molecule has 3 aliphatic heterocycles. The summed E-state index contributed by atoms with van der Waals surface area (Å²) in [6.45, 7) is 18.5. The highest BCUT2D eigenvalue weighted by atomic mass is 16.7. The zero-order chi connectivity index (χ0) is 41.8. The van der Waals surface area contributed by atoms with Crippen molar-refractivity contribution in [2.75, 3.05) is 34.3 Å². The lowest BCUT2D eigenvalue weighted by atomic mass is 9.77. The van der Waals surface area contributed by atoms with Crippen LogP contribution in [0.4, 0.5) is 0 Å². The van der Waals surface area contributed by atoms with Crippen LogP contribution >= 0.6 is 0 Å². The van der Waals surface area contributed by atoms with Crippen LogP contribution in [0.15, 0.2) is 0 Å². The molecule has 0 aromatic heterocycles. The number of hydrogen-bond donors (Lipinski definition) is 5. The number of carbonyl (C=O) groups excluding carboxylic acids is 1. The van der Waals surface area contributed by atoms with Gasteiger partial charge in [-0.25, -0.2) is 0 Å². The van der Waals surface area contributed by atoms with Crippen molar-refractivity contribution in [3.63, 3.8) is 0 Å². The number of cyclic esters (lactones) is 1. The number of hydrogen-bond acceptors (Lipinski definition) is 14. The third-order valence-electron chi connectivity index (χ3n) is 12.7. The third kappa shape index (κ3) is 11.2. The van der Waals surface area contributed by atoms with Gasteiger partial charge in [0.1, 0.15) is 30.0 Å². The fourth-order valence-corrected chi connectivity index (χ4v) is 9.07. The molecule has 0 aromatic rings. The molecule has 3 heterocycles. The Morgan fingerprint density at radius 3 is 2.22 bits per heavy atom. The van der Waals surface area contributed by atoms with Gasteiger partial charge in [-0.2, -0.15) is 0 Å². The quantitative estimate of drug-likeness (QED) is 0.170. The van der Waals surface area contributed by atoms with E-state index in [-0.39, 0.29) is 37.3 Å². The third-order valence-corrected chi connectivity index (χ3v) is 12.7. The molecule has 0 aliphatic carbocycles. The van der Waals surface area contributed by atoms with Gasteiger partial charge in [0.15, 0.2) is 12.6 Å². The molecule has 14 nitrogen and oxygen atoms in total. The molecule has 0 amide bonds. The Labute approximate surface area is 330 Å². The summed E-state index contributed by atoms with van der Waals surface area (Å²) in [4.78, 5) is 18.2. The van der Waals surface area contributed by atoms with E-state index in [1.807, 2.05) is 44.7 Å². The van der Waals surface area contributed by atoms with Gasteiger partial charge >= 0.3 is 5.97 Å². The van der Waals surface area contributed by atoms with Crippen molar-refractivity contribution >= 4 is 5.97 Å². The SMILES string of the molecule is C#CCCN(C)[C@H]1C[C@@H](C)O[C@H](O[C@@H]2[C@@H](C)[C@H](O[C@H]3C[C@@](C)(OC)C(O)[C@H](C)O3)[C@@H](C)C(=O)O[C@H](CC)[C@@](C)(O)[C@H](O)[C@@H](C)N(C)C[C@H](C)C[C@@]2(C)O)[C@@H]1O. The molecule has 0 saturated carbocycles. The Hall–Kier alpha value is -1.45. The standard InChI is InChI=1S/C41H74N2O12/c1-15-17-18-42(12)29-19-24(4)51-38(32(29)44)55-36-25(5)33(54-31-21-40(10,50-14)35(46)28(8)52-31)26(6)37(47)53-30(16-2)41(11,49)34(45)27(7)43(13)22-23(3)20-39(36,9)48/h1,23-36,38,44-46,48-49H,16-22H2,2-14H3/t23-,24-,25+,26-,27-,28+,29+,30-,31+,32-,33+,34-,35?,36-,38-,39-,40-,41-/m1/s1. The fourth-order valence-electron chi connectivity index (χ4n) is 9.07. The first-order valence-corrected chi connectivity index (χ1v) is 20.2. The van der Waals surface area contributed by atoms with E-state index in [9.17, 15) is 30.3 Å². The fraction of sp³-hybridized carbons (Fsp3) is 0.927. The number of methoxy groups -OCH3 is 1. The maximum atomic E-state index is 14.3. The van der Waals surface area contributed by atoms with Crippen molar-refractivity contribution in [3.8, 4) is 12.3 Å². The normalized spacial score (nSPS) is 47.4. The molecule has 55 heavy (non-hydrogen) atoms. The van der Waals surface area contributed by atoms with Gasteiger partial charge in [-0.05, 0) is 87.7 Å². The molecule has 0 aromatic carbocycles. The van der Waals surface area contributed by atoms with E-state index in [2.05, 4.69) is 5.92 Å². The topological polar surface area (TPSA) is 180 Å². The van der Waals surface area contributed by atoms with E-state index in [0.29, 0.717) is 25.9 Å². The molecule has 5 N–H and O–H groups in total. The first-order valence-electron chi connectivity index (χ1n) is 20.2. The van der Waals surface area contributed by atoms with Gasteiger partial charge < -0.3 is 58.9 Å². The van der Waals surface area contributed by atoms with Gasteiger partial charge in [-0.1, -0.05) is 20.8 Å². The van der Waals surface area contributed by atoms with E-state index < -0.39 is 96.0 Å². The van der Waals surface area contributed by atoms with E-state index in [1.165, 1.54) is 14.0 Å². The minimum absolute atomic E-state index is 0.120. The van der Waals surface area contributed by atoms with Crippen LogP contribution in [0, 0.1) is 30.1 Å². The largest absolute Gasteiger partial charge is 0.459 e. The average Bonchev–Trinajstić information content (AvgIpc) is 3.11. The van der Waals surface area contributed by atoms with Crippen LogP contribution in [-0.4, -0.2) is 166 Å².